The predicted octanol–water partition coefficient (Wildman–Crippen LogP) is 1.91. The molecular weight excluding hydrogens is 226 g/mol. The summed E-state index contributed by atoms with van der Waals surface area (Å²) in [5, 5.41) is 7.27. The normalized spacial score (nSPS) is 24.3. The number of aromatic amines is 1. The average molecular weight is 245 g/mol. The number of aryl methyl sites for hydroxylation is 1. The van der Waals surface area contributed by atoms with Crippen molar-refractivity contribution >= 4 is 5.91 Å². The summed E-state index contributed by atoms with van der Waals surface area (Å²) in [5.41, 5.74) is 3.56. The van der Waals surface area contributed by atoms with Crippen LogP contribution in [-0.2, 0) is 12.8 Å². The molecule has 3 aliphatic rings. The van der Waals surface area contributed by atoms with E-state index in [1.54, 1.807) is 0 Å². The van der Waals surface area contributed by atoms with E-state index >= 15 is 0 Å². The first-order valence-electron chi connectivity index (χ1n) is 7.13. The van der Waals surface area contributed by atoms with Crippen LogP contribution in [0.1, 0.15) is 53.8 Å². The molecule has 4 heteroatoms. The van der Waals surface area contributed by atoms with Gasteiger partial charge in [0.05, 0.1) is 0 Å². The Morgan fingerprint density at radius 2 is 1.94 bits per heavy atom. The van der Waals surface area contributed by atoms with Gasteiger partial charge < -0.3 is 4.90 Å². The van der Waals surface area contributed by atoms with Crippen LogP contribution in [0.5, 0.6) is 0 Å². The molecule has 0 bridgehead atoms. The van der Waals surface area contributed by atoms with Crippen LogP contribution in [0.4, 0.5) is 0 Å². The maximum Gasteiger partial charge on any atom is 0.274 e. The van der Waals surface area contributed by atoms with Crippen molar-refractivity contribution in [3.05, 3.63) is 17.0 Å². The highest BCUT2D eigenvalue weighted by Crippen LogP contribution is 2.45. The second-order valence-corrected chi connectivity index (χ2v) is 6.25. The second kappa shape index (κ2) is 3.59. The third-order valence-electron chi connectivity index (χ3n) is 5.01. The van der Waals surface area contributed by atoms with Gasteiger partial charge in [-0.2, -0.15) is 5.10 Å². The minimum Gasteiger partial charge on any atom is -0.336 e. The predicted molar refractivity (Wildman–Crippen MR) is 67.4 cm³/mol. The molecule has 1 amide bonds. The van der Waals surface area contributed by atoms with Gasteiger partial charge in [-0.25, -0.2) is 0 Å². The van der Waals surface area contributed by atoms with Crippen LogP contribution < -0.4 is 0 Å². The lowest BCUT2D eigenvalue weighted by atomic mass is 9.78. The lowest BCUT2D eigenvalue weighted by Gasteiger charge is -2.48. The smallest absolute Gasteiger partial charge is 0.274 e. The van der Waals surface area contributed by atoms with E-state index in [2.05, 4.69) is 10.2 Å². The van der Waals surface area contributed by atoms with Crippen molar-refractivity contribution in [3.8, 4) is 0 Å². The monoisotopic (exact) mass is 245 g/mol. The van der Waals surface area contributed by atoms with Crippen LogP contribution in [0.3, 0.4) is 0 Å². The highest BCUT2D eigenvalue weighted by atomic mass is 16.2. The van der Waals surface area contributed by atoms with Gasteiger partial charge >= 0.3 is 0 Å². The molecule has 0 atom stereocenters. The van der Waals surface area contributed by atoms with Gasteiger partial charge in [-0.05, 0) is 32.1 Å². The number of nitrogens with zero attached hydrogens (tertiary/aromatic N) is 2. The van der Waals surface area contributed by atoms with E-state index in [4.69, 9.17) is 0 Å². The average Bonchev–Trinajstić information content (AvgIpc) is 3.01. The van der Waals surface area contributed by atoms with Crippen molar-refractivity contribution in [1.29, 1.82) is 0 Å². The molecule has 2 heterocycles. The fourth-order valence-electron chi connectivity index (χ4n) is 3.99. The van der Waals surface area contributed by atoms with Gasteiger partial charge in [-0.3, -0.25) is 9.89 Å². The quantitative estimate of drug-likeness (QED) is 0.821. The van der Waals surface area contributed by atoms with Gasteiger partial charge in [0, 0.05) is 29.8 Å². The number of carbonyl (C=O) groups is 1. The molecule has 1 spiro atoms. The standard InChI is InChI=1S/C14H19N3O/c18-13(12-10-4-3-5-11(10)15-16-12)17-8-14(9-17)6-1-2-7-14/h1-9H2,(H,15,16). The van der Waals surface area contributed by atoms with Gasteiger partial charge in [-0.15, -0.1) is 0 Å². The van der Waals surface area contributed by atoms with Gasteiger partial charge in [-0.1, -0.05) is 12.8 Å². The molecule has 2 fully saturated rings. The van der Waals surface area contributed by atoms with Crippen molar-refractivity contribution in [3.63, 3.8) is 0 Å². The third-order valence-corrected chi connectivity index (χ3v) is 5.01. The first-order chi connectivity index (χ1) is 8.77. The Balaban J connectivity index is 1.51. The highest BCUT2D eigenvalue weighted by molar-refractivity contribution is 5.94. The van der Waals surface area contributed by atoms with Crippen molar-refractivity contribution in [1.82, 2.24) is 15.1 Å². The molecule has 1 saturated carbocycles. The van der Waals surface area contributed by atoms with Gasteiger partial charge in [0.15, 0.2) is 5.69 Å². The molecule has 1 aromatic heterocycles. The summed E-state index contributed by atoms with van der Waals surface area (Å²) in [7, 11) is 0. The fraction of sp³-hybridized carbons (Fsp3) is 0.714. The molecule has 0 radical (unpaired) electrons. The Labute approximate surface area is 107 Å². The summed E-state index contributed by atoms with van der Waals surface area (Å²) in [6, 6.07) is 0. The minimum absolute atomic E-state index is 0.159. The van der Waals surface area contributed by atoms with E-state index in [-0.39, 0.29) is 5.91 Å². The zero-order valence-corrected chi connectivity index (χ0v) is 10.7. The Morgan fingerprint density at radius 3 is 2.72 bits per heavy atom. The minimum atomic E-state index is 0.159. The lowest BCUT2D eigenvalue weighted by molar-refractivity contribution is 0.00877. The van der Waals surface area contributed by atoms with Crippen molar-refractivity contribution in [2.75, 3.05) is 13.1 Å². The maximum atomic E-state index is 12.4. The number of aromatic nitrogens is 2. The molecule has 1 aromatic rings. The fourth-order valence-corrected chi connectivity index (χ4v) is 3.99. The van der Waals surface area contributed by atoms with Crippen LogP contribution in [0, 0.1) is 5.41 Å². The zero-order chi connectivity index (χ0) is 12.2. The SMILES string of the molecule is O=C(c1n[nH]c2c1CCC2)N1CC2(CCCC2)C1. The Kier molecular flexibility index (Phi) is 2.11. The third kappa shape index (κ3) is 1.38. The molecule has 0 aromatic carbocycles. The van der Waals surface area contributed by atoms with Crippen LogP contribution in [0.2, 0.25) is 0 Å². The van der Waals surface area contributed by atoms with Crippen molar-refractivity contribution in [2.45, 2.75) is 44.9 Å². The van der Waals surface area contributed by atoms with Crippen LogP contribution in [0.15, 0.2) is 0 Å². The Morgan fingerprint density at radius 1 is 1.17 bits per heavy atom. The van der Waals surface area contributed by atoms with Gasteiger partial charge in [0.25, 0.3) is 5.91 Å². The number of rotatable bonds is 1. The van der Waals surface area contributed by atoms with E-state index in [1.165, 1.54) is 36.9 Å². The summed E-state index contributed by atoms with van der Waals surface area (Å²) in [6.45, 7) is 1.93. The number of hydrogen-bond donors (Lipinski definition) is 1. The molecule has 18 heavy (non-hydrogen) atoms. The number of nitrogens with one attached hydrogen (secondary N) is 1. The summed E-state index contributed by atoms with van der Waals surface area (Å²) >= 11 is 0. The largest absolute Gasteiger partial charge is 0.336 e. The number of hydrogen-bond acceptors (Lipinski definition) is 2. The number of carbonyl (C=O) groups excluding carboxylic acids is 1. The lowest BCUT2D eigenvalue weighted by Crippen LogP contribution is -2.57. The molecule has 1 aliphatic heterocycles. The van der Waals surface area contributed by atoms with Crippen LogP contribution in [-0.4, -0.2) is 34.1 Å². The number of amides is 1. The van der Waals surface area contributed by atoms with Gasteiger partial charge in [0.2, 0.25) is 0 Å². The van der Waals surface area contributed by atoms with Crippen molar-refractivity contribution in [2.24, 2.45) is 5.41 Å². The highest BCUT2D eigenvalue weighted by Gasteiger charge is 2.47. The van der Waals surface area contributed by atoms with E-state index in [9.17, 15) is 4.79 Å². The summed E-state index contributed by atoms with van der Waals surface area (Å²) in [6.07, 6.45) is 8.56. The van der Waals surface area contributed by atoms with Crippen LogP contribution >= 0.6 is 0 Å². The number of fused-ring (bicyclic) bond motifs is 1. The summed E-state index contributed by atoms with van der Waals surface area (Å²) in [4.78, 5) is 14.4. The zero-order valence-electron chi connectivity index (χ0n) is 10.7. The summed E-state index contributed by atoms with van der Waals surface area (Å²) < 4.78 is 0. The van der Waals surface area contributed by atoms with E-state index in [0.717, 1.165) is 32.4 Å². The van der Waals surface area contributed by atoms with E-state index in [1.807, 2.05) is 4.90 Å². The van der Waals surface area contributed by atoms with Gasteiger partial charge in [0.1, 0.15) is 0 Å². The molecule has 1 saturated heterocycles. The van der Waals surface area contributed by atoms with Crippen molar-refractivity contribution < 1.29 is 4.79 Å². The molecule has 96 valence electrons. The topological polar surface area (TPSA) is 49.0 Å². The number of likely N-dealkylation sites (tertiary alicyclic amines) is 1. The first-order valence-corrected chi connectivity index (χ1v) is 7.13. The molecule has 2 aliphatic carbocycles. The maximum absolute atomic E-state index is 12.4. The first kappa shape index (κ1) is 10.6. The number of H-pyrrole nitrogens is 1. The molecule has 4 rings (SSSR count). The van der Waals surface area contributed by atoms with Crippen LogP contribution in [0.25, 0.3) is 0 Å². The second-order valence-electron chi connectivity index (χ2n) is 6.25. The summed E-state index contributed by atoms with van der Waals surface area (Å²) in [5.74, 6) is 0.159. The van der Waals surface area contributed by atoms with E-state index in [0.29, 0.717) is 11.1 Å². The Hall–Kier alpha value is -1.32. The molecule has 4 nitrogen and oxygen atoms in total. The molecular formula is C14H19N3O. The molecule has 0 unspecified atom stereocenters. The Bertz CT molecular complexity index is 491. The van der Waals surface area contributed by atoms with E-state index < -0.39 is 0 Å². The molecule has 1 N–H and O–H groups in total.